The first-order chi connectivity index (χ1) is 8.33. The number of nitrogens with zero attached hydrogens (tertiary/aromatic N) is 1. The van der Waals surface area contributed by atoms with Crippen molar-refractivity contribution in [1.82, 2.24) is 0 Å². The van der Waals surface area contributed by atoms with Gasteiger partial charge < -0.3 is 15.4 Å². The van der Waals surface area contributed by atoms with Gasteiger partial charge in [-0.2, -0.15) is 0 Å². The number of ether oxygens (including phenoxy) is 1. The summed E-state index contributed by atoms with van der Waals surface area (Å²) in [5, 5.41) is 0. The monoisotopic (exact) mass is 250 g/mol. The highest BCUT2D eigenvalue weighted by Gasteiger charge is 2.24. The third-order valence-electron chi connectivity index (χ3n) is 3.64. The Bertz CT molecular complexity index is 399. The number of likely N-dealkylation sites (N-methyl/N-ethyl adjacent to an activating group) is 1. The Kier molecular flexibility index (Phi) is 4.63. The van der Waals surface area contributed by atoms with Crippen LogP contribution in [0.1, 0.15) is 39.2 Å². The van der Waals surface area contributed by atoms with Gasteiger partial charge in [0.15, 0.2) is 0 Å². The number of hydrogen-bond donors (Lipinski definition) is 1. The van der Waals surface area contributed by atoms with Crippen molar-refractivity contribution >= 4 is 5.69 Å². The molecule has 18 heavy (non-hydrogen) atoms. The van der Waals surface area contributed by atoms with E-state index >= 15 is 0 Å². The minimum absolute atomic E-state index is 0.0944. The van der Waals surface area contributed by atoms with Crippen LogP contribution in [0.15, 0.2) is 18.2 Å². The predicted octanol–water partition coefficient (Wildman–Crippen LogP) is 2.99. The lowest BCUT2D eigenvalue weighted by molar-refractivity contribution is 0.408. The maximum Gasteiger partial charge on any atom is 0.142 e. The maximum atomic E-state index is 5.85. The van der Waals surface area contributed by atoms with Gasteiger partial charge in [-0.25, -0.2) is 0 Å². The normalized spacial score (nSPS) is 11.8. The minimum Gasteiger partial charge on any atom is -0.495 e. The van der Waals surface area contributed by atoms with Crippen LogP contribution >= 0.6 is 0 Å². The van der Waals surface area contributed by atoms with Crippen LogP contribution in [-0.4, -0.2) is 26.2 Å². The standard InChI is InChI=1S/C15H26N2O/c1-11(2)12-7-8-14(18-6)13(9-12)17(5)15(3,4)10-16/h7-9,11H,10,16H2,1-6H3. The van der Waals surface area contributed by atoms with Crippen molar-refractivity contribution in [2.45, 2.75) is 39.2 Å². The molecule has 0 fully saturated rings. The molecule has 0 aliphatic rings. The SMILES string of the molecule is COc1ccc(C(C)C)cc1N(C)C(C)(C)CN. The summed E-state index contributed by atoms with van der Waals surface area (Å²) in [5.74, 6) is 1.40. The number of hydrogen-bond acceptors (Lipinski definition) is 3. The van der Waals surface area contributed by atoms with Gasteiger partial charge >= 0.3 is 0 Å². The maximum absolute atomic E-state index is 5.85. The molecule has 0 spiro atoms. The van der Waals surface area contributed by atoms with Gasteiger partial charge in [0.05, 0.1) is 12.8 Å². The average Bonchev–Trinajstić information content (AvgIpc) is 2.36. The zero-order chi connectivity index (χ0) is 13.9. The Balaban J connectivity index is 3.23. The molecule has 0 aliphatic carbocycles. The topological polar surface area (TPSA) is 38.5 Å². The van der Waals surface area contributed by atoms with Gasteiger partial charge in [-0.05, 0) is 37.5 Å². The van der Waals surface area contributed by atoms with Crippen LogP contribution in [0.5, 0.6) is 5.75 Å². The van der Waals surface area contributed by atoms with E-state index in [4.69, 9.17) is 10.5 Å². The van der Waals surface area contributed by atoms with Crippen LogP contribution in [0.2, 0.25) is 0 Å². The Hall–Kier alpha value is -1.22. The van der Waals surface area contributed by atoms with Crippen LogP contribution in [0, 0.1) is 0 Å². The molecule has 0 saturated carbocycles. The van der Waals surface area contributed by atoms with Crippen LogP contribution in [0.3, 0.4) is 0 Å². The highest BCUT2D eigenvalue weighted by atomic mass is 16.5. The molecule has 1 aromatic carbocycles. The molecule has 0 unspecified atom stereocenters. The van der Waals surface area contributed by atoms with Gasteiger partial charge in [-0.15, -0.1) is 0 Å². The van der Waals surface area contributed by atoms with Crippen molar-refractivity contribution in [3.05, 3.63) is 23.8 Å². The Labute approximate surface area is 111 Å². The molecule has 1 rings (SSSR count). The van der Waals surface area contributed by atoms with E-state index in [1.807, 2.05) is 6.07 Å². The van der Waals surface area contributed by atoms with Crippen LogP contribution in [0.4, 0.5) is 5.69 Å². The molecule has 0 heterocycles. The summed E-state index contributed by atoms with van der Waals surface area (Å²) in [7, 11) is 3.77. The largest absolute Gasteiger partial charge is 0.495 e. The van der Waals surface area contributed by atoms with E-state index in [-0.39, 0.29) is 5.54 Å². The number of rotatable bonds is 5. The second-order valence-electron chi connectivity index (χ2n) is 5.66. The summed E-state index contributed by atoms with van der Waals surface area (Å²) in [4.78, 5) is 2.19. The van der Waals surface area contributed by atoms with Crippen molar-refractivity contribution in [3.8, 4) is 5.75 Å². The van der Waals surface area contributed by atoms with E-state index < -0.39 is 0 Å². The van der Waals surface area contributed by atoms with E-state index in [0.717, 1.165) is 11.4 Å². The summed E-state index contributed by atoms with van der Waals surface area (Å²) < 4.78 is 5.46. The Morgan fingerprint density at radius 1 is 1.33 bits per heavy atom. The van der Waals surface area contributed by atoms with Crippen molar-refractivity contribution in [3.63, 3.8) is 0 Å². The van der Waals surface area contributed by atoms with Crippen LogP contribution < -0.4 is 15.4 Å². The summed E-state index contributed by atoms with van der Waals surface area (Å²) in [5.41, 5.74) is 8.16. The van der Waals surface area contributed by atoms with Crippen LogP contribution in [-0.2, 0) is 0 Å². The summed E-state index contributed by atoms with van der Waals surface area (Å²) >= 11 is 0. The smallest absolute Gasteiger partial charge is 0.142 e. The van der Waals surface area contributed by atoms with Crippen LogP contribution in [0.25, 0.3) is 0 Å². The van der Waals surface area contributed by atoms with Gasteiger partial charge in [0.1, 0.15) is 5.75 Å². The van der Waals surface area contributed by atoms with Gasteiger partial charge in [0.2, 0.25) is 0 Å². The number of methoxy groups -OCH3 is 1. The second-order valence-corrected chi connectivity index (χ2v) is 5.66. The fourth-order valence-electron chi connectivity index (χ4n) is 1.79. The van der Waals surface area contributed by atoms with E-state index in [1.165, 1.54) is 5.56 Å². The van der Waals surface area contributed by atoms with Crippen molar-refractivity contribution in [2.24, 2.45) is 5.73 Å². The zero-order valence-corrected chi connectivity index (χ0v) is 12.4. The summed E-state index contributed by atoms with van der Waals surface area (Å²) in [6, 6.07) is 6.35. The second kappa shape index (κ2) is 5.61. The fraction of sp³-hybridized carbons (Fsp3) is 0.600. The lowest BCUT2D eigenvalue weighted by atomic mass is 9.99. The lowest BCUT2D eigenvalue weighted by Gasteiger charge is -2.37. The zero-order valence-electron chi connectivity index (χ0n) is 12.4. The average molecular weight is 250 g/mol. The van der Waals surface area contributed by atoms with Gasteiger partial charge in [-0.3, -0.25) is 0 Å². The predicted molar refractivity (Wildman–Crippen MR) is 78.6 cm³/mol. The molecule has 3 heteroatoms. The third-order valence-corrected chi connectivity index (χ3v) is 3.64. The number of benzene rings is 1. The highest BCUT2D eigenvalue weighted by molar-refractivity contribution is 5.61. The third kappa shape index (κ3) is 2.96. The molecular weight excluding hydrogens is 224 g/mol. The Morgan fingerprint density at radius 3 is 2.39 bits per heavy atom. The molecule has 3 nitrogen and oxygen atoms in total. The van der Waals surface area contributed by atoms with Crippen molar-refractivity contribution < 1.29 is 4.74 Å². The first kappa shape index (κ1) is 14.8. The van der Waals surface area contributed by atoms with E-state index in [2.05, 4.69) is 51.8 Å². The molecule has 0 aromatic heterocycles. The highest BCUT2D eigenvalue weighted by Crippen LogP contribution is 2.34. The van der Waals surface area contributed by atoms with E-state index in [9.17, 15) is 0 Å². The number of nitrogens with two attached hydrogens (primary N) is 1. The van der Waals surface area contributed by atoms with Gasteiger partial charge in [0, 0.05) is 19.1 Å². The lowest BCUT2D eigenvalue weighted by Crippen LogP contribution is -2.47. The molecule has 1 aromatic rings. The van der Waals surface area contributed by atoms with E-state index in [1.54, 1.807) is 7.11 Å². The van der Waals surface area contributed by atoms with E-state index in [0.29, 0.717) is 12.5 Å². The molecule has 2 N–H and O–H groups in total. The molecule has 0 radical (unpaired) electrons. The quantitative estimate of drug-likeness (QED) is 0.873. The van der Waals surface area contributed by atoms with Crippen molar-refractivity contribution in [2.75, 3.05) is 25.6 Å². The van der Waals surface area contributed by atoms with Crippen molar-refractivity contribution in [1.29, 1.82) is 0 Å². The first-order valence-electron chi connectivity index (χ1n) is 6.45. The molecule has 0 bridgehead atoms. The van der Waals surface area contributed by atoms with Gasteiger partial charge in [-0.1, -0.05) is 19.9 Å². The minimum atomic E-state index is -0.0944. The summed E-state index contributed by atoms with van der Waals surface area (Å²) in [6.45, 7) is 9.25. The fourth-order valence-corrected chi connectivity index (χ4v) is 1.79. The Morgan fingerprint density at radius 2 is 1.94 bits per heavy atom. The molecule has 0 saturated heterocycles. The molecule has 0 atom stereocenters. The molecule has 0 amide bonds. The molecular formula is C15H26N2O. The summed E-state index contributed by atoms with van der Waals surface area (Å²) in [6.07, 6.45) is 0. The molecule has 0 aliphatic heterocycles. The molecule has 102 valence electrons. The number of anilines is 1. The first-order valence-corrected chi connectivity index (χ1v) is 6.45. The van der Waals surface area contributed by atoms with Gasteiger partial charge in [0.25, 0.3) is 0 Å².